The largest absolute Gasteiger partial charge is 0.467 e. The number of Topliss-reactive ketones (excluding diaryl/α,β-unsaturated/α-hetero) is 1. The van der Waals surface area contributed by atoms with Gasteiger partial charge in [-0.25, -0.2) is 14.4 Å². The van der Waals surface area contributed by atoms with Gasteiger partial charge in [0.25, 0.3) is 0 Å². The molecule has 2 bridgehead atoms. The fourth-order valence-corrected chi connectivity index (χ4v) is 10.6. The molecule has 306 valence electrons. The Morgan fingerprint density at radius 1 is 1.04 bits per heavy atom. The maximum Gasteiger partial charge on any atom is 0.348 e. The van der Waals surface area contributed by atoms with Crippen LogP contribution in [0.4, 0.5) is 0 Å². The molecule has 3 aliphatic carbocycles. The summed E-state index contributed by atoms with van der Waals surface area (Å²) in [7, 11) is 1.03. The van der Waals surface area contributed by atoms with Gasteiger partial charge in [0, 0.05) is 30.3 Å². The zero-order valence-corrected chi connectivity index (χ0v) is 31.6. The Balaban J connectivity index is 1.45. The van der Waals surface area contributed by atoms with Gasteiger partial charge in [0.1, 0.15) is 42.2 Å². The lowest BCUT2D eigenvalue weighted by molar-refractivity contribution is -0.296. The van der Waals surface area contributed by atoms with E-state index in [1.165, 1.54) is 13.0 Å². The normalized spacial score (nSPS) is 45.0. The molecule has 1 spiro atoms. The van der Waals surface area contributed by atoms with Gasteiger partial charge in [-0.05, 0) is 49.7 Å². The number of rotatable bonds is 9. The number of aliphatic hydroxyl groups excluding tert-OH is 6. The van der Waals surface area contributed by atoms with Crippen LogP contribution < -0.4 is 0 Å². The number of esters is 4. The van der Waals surface area contributed by atoms with E-state index < -0.39 is 144 Å². The van der Waals surface area contributed by atoms with Crippen molar-refractivity contribution in [3.8, 4) is 0 Å². The molecular weight excluding hydrogens is 732 g/mol. The Morgan fingerprint density at radius 2 is 1.71 bits per heavy atom. The lowest BCUT2D eigenvalue weighted by Gasteiger charge is -2.67. The van der Waals surface area contributed by atoms with E-state index in [0.717, 1.165) is 13.2 Å². The van der Waals surface area contributed by atoms with Crippen molar-refractivity contribution in [2.24, 2.45) is 34.5 Å². The van der Waals surface area contributed by atoms with E-state index in [4.69, 9.17) is 33.2 Å². The summed E-state index contributed by atoms with van der Waals surface area (Å²) in [6.07, 6.45) is -12.6. The predicted octanol–water partition coefficient (Wildman–Crippen LogP) is -1.66. The van der Waals surface area contributed by atoms with E-state index in [-0.39, 0.29) is 18.6 Å². The number of hydrogen-bond acceptors (Lipinski definition) is 18. The van der Waals surface area contributed by atoms with Crippen LogP contribution >= 0.6 is 0 Å². The number of aliphatic hydroxyl groups is 6. The smallest absolute Gasteiger partial charge is 0.348 e. The van der Waals surface area contributed by atoms with Gasteiger partial charge in [0.2, 0.25) is 18.0 Å². The molecule has 0 radical (unpaired) electrons. The van der Waals surface area contributed by atoms with Gasteiger partial charge in [-0.3, -0.25) is 9.59 Å². The van der Waals surface area contributed by atoms with Gasteiger partial charge in [-0.15, -0.1) is 0 Å². The molecule has 5 fully saturated rings. The van der Waals surface area contributed by atoms with E-state index >= 15 is 0 Å². The quantitative estimate of drug-likeness (QED) is 0.0868. The van der Waals surface area contributed by atoms with E-state index in [1.54, 1.807) is 34.6 Å². The topological polar surface area (TPSA) is 271 Å². The van der Waals surface area contributed by atoms with Gasteiger partial charge in [-0.2, -0.15) is 0 Å². The number of carbonyl (C=O) groups is 5. The molecule has 3 heterocycles. The highest BCUT2D eigenvalue weighted by atomic mass is 16.7. The van der Waals surface area contributed by atoms with Crippen molar-refractivity contribution in [3.63, 3.8) is 0 Å². The van der Waals surface area contributed by atoms with Gasteiger partial charge < -0.3 is 63.8 Å². The predicted molar refractivity (Wildman–Crippen MR) is 179 cm³/mol. The van der Waals surface area contributed by atoms with Crippen LogP contribution in [0.3, 0.4) is 0 Å². The zero-order chi connectivity index (χ0) is 40.7. The molecule has 6 rings (SSSR count). The van der Waals surface area contributed by atoms with Crippen LogP contribution in [-0.4, -0.2) is 147 Å². The lowest BCUT2D eigenvalue weighted by atomic mass is 9.38. The summed E-state index contributed by atoms with van der Waals surface area (Å²) in [6.45, 7) is 8.18. The molecule has 16 atom stereocenters. The Kier molecular flexibility index (Phi) is 10.6. The molecule has 6 N–H and O–H groups in total. The molecule has 0 aromatic carbocycles. The highest BCUT2D eigenvalue weighted by molar-refractivity contribution is 5.97. The third-order valence-electron chi connectivity index (χ3n) is 13.0. The van der Waals surface area contributed by atoms with E-state index in [2.05, 4.69) is 0 Å². The maximum absolute atomic E-state index is 14.0. The van der Waals surface area contributed by atoms with Gasteiger partial charge in [0.05, 0.1) is 32.3 Å². The fraction of sp³-hybridized carbons (Fsp3) is 0.757. The molecule has 18 heteroatoms. The van der Waals surface area contributed by atoms with Crippen molar-refractivity contribution >= 4 is 29.7 Å². The minimum atomic E-state index is -2.43. The van der Waals surface area contributed by atoms with Gasteiger partial charge in [-0.1, -0.05) is 20.8 Å². The standard InChI is InChI=1S/C37H50O18/c1-8-16(34(4,5)55-15(3)39)9-21(40)54-27-29-36-13-50-37(29,33(48)49-7)30(46)26(45)28(36)35(6)11-18(22(41)14(2)17(35)10-20(36)53-31(27)47)51-32-25(44)24(43)23(42)19(12-38)52-32/h9,11,14,17,19-20,23-30,32,38,42-46H,8,10,12-13H2,1-7H3/b16-9+/t14-,17-,19+,20+,23+,24-,25+,26+,27+,28+,29+,30-,32+,35-,36+,37-/m0/s1. The first-order valence-corrected chi connectivity index (χ1v) is 18.3. The summed E-state index contributed by atoms with van der Waals surface area (Å²) in [5, 5.41) is 65.2. The number of ketones is 1. The molecule has 3 saturated heterocycles. The second-order valence-electron chi connectivity index (χ2n) is 16.2. The van der Waals surface area contributed by atoms with Gasteiger partial charge in [0.15, 0.2) is 11.5 Å². The first kappa shape index (κ1) is 41.2. The van der Waals surface area contributed by atoms with Crippen LogP contribution in [0.5, 0.6) is 0 Å². The number of allylic oxidation sites excluding steroid dienone is 2. The summed E-state index contributed by atoms with van der Waals surface area (Å²) >= 11 is 0. The molecule has 0 aromatic rings. The molecule has 2 saturated carbocycles. The van der Waals surface area contributed by atoms with Crippen LogP contribution in [-0.2, 0) is 57.1 Å². The van der Waals surface area contributed by atoms with E-state index in [9.17, 15) is 54.6 Å². The highest BCUT2D eigenvalue weighted by Crippen LogP contribution is 2.72. The van der Waals surface area contributed by atoms with Crippen LogP contribution in [0.1, 0.15) is 54.4 Å². The highest BCUT2D eigenvalue weighted by Gasteiger charge is 2.85. The number of hydrogen-bond donors (Lipinski definition) is 6. The summed E-state index contributed by atoms with van der Waals surface area (Å²) in [4.78, 5) is 67.1. The molecule has 18 nitrogen and oxygen atoms in total. The molecule has 3 aliphatic heterocycles. The third kappa shape index (κ3) is 5.94. The first-order valence-electron chi connectivity index (χ1n) is 18.3. The van der Waals surface area contributed by atoms with E-state index in [1.807, 2.05) is 0 Å². The minimum Gasteiger partial charge on any atom is -0.467 e. The Labute approximate surface area is 316 Å². The van der Waals surface area contributed by atoms with Crippen LogP contribution in [0, 0.1) is 34.5 Å². The average Bonchev–Trinajstić information content (AvgIpc) is 3.43. The van der Waals surface area contributed by atoms with Crippen LogP contribution in [0.2, 0.25) is 0 Å². The summed E-state index contributed by atoms with van der Waals surface area (Å²) in [5.41, 5.74) is -6.25. The number of methoxy groups -OCH3 is 1. The van der Waals surface area contributed by atoms with Crippen LogP contribution in [0.25, 0.3) is 0 Å². The SMILES string of the molecule is CC/C(=C\C(=O)O[C@H]1C(=O)O[C@@H]2C[C@H]3[C@H](C)C(=O)C(O[C@@H]4O[C@H](CO)[C@@H](O)[C@H](O)[C@H]4O)=C[C@]3(C)[C@H]3[C@@H](O)[C@H](O)[C@@]4(C(=O)OC)OC[C@]32[C@@H]14)C(C)(C)OC(C)=O. The first-order chi connectivity index (χ1) is 25.7. The Morgan fingerprint density at radius 3 is 2.31 bits per heavy atom. The lowest BCUT2D eigenvalue weighted by Crippen LogP contribution is -2.79. The average molecular weight is 783 g/mol. The molecule has 0 unspecified atom stereocenters. The van der Waals surface area contributed by atoms with Gasteiger partial charge >= 0.3 is 23.9 Å². The Hall–Kier alpha value is -3.49. The van der Waals surface area contributed by atoms with Crippen molar-refractivity contribution in [2.45, 2.75) is 121 Å². The fourth-order valence-electron chi connectivity index (χ4n) is 10.6. The van der Waals surface area contributed by atoms with Crippen molar-refractivity contribution in [1.29, 1.82) is 0 Å². The monoisotopic (exact) mass is 782 g/mol. The van der Waals surface area contributed by atoms with Crippen molar-refractivity contribution in [1.82, 2.24) is 0 Å². The summed E-state index contributed by atoms with van der Waals surface area (Å²) in [6, 6.07) is 0. The summed E-state index contributed by atoms with van der Waals surface area (Å²) < 4.78 is 39.9. The zero-order valence-electron chi connectivity index (χ0n) is 31.6. The van der Waals surface area contributed by atoms with Crippen molar-refractivity contribution < 1.29 is 87.8 Å². The number of fused-ring (bicyclic) bond motifs is 2. The Bertz CT molecular complexity index is 1670. The number of ether oxygens (including phenoxy) is 7. The van der Waals surface area contributed by atoms with Crippen molar-refractivity contribution in [3.05, 3.63) is 23.5 Å². The molecule has 0 amide bonds. The third-order valence-corrected chi connectivity index (χ3v) is 13.0. The van der Waals surface area contributed by atoms with Crippen molar-refractivity contribution in [2.75, 3.05) is 20.3 Å². The molecule has 55 heavy (non-hydrogen) atoms. The minimum absolute atomic E-state index is 0.00741. The van der Waals surface area contributed by atoms with Crippen LogP contribution in [0.15, 0.2) is 23.5 Å². The second kappa shape index (κ2) is 14.2. The number of carbonyl (C=O) groups excluding carboxylic acids is 5. The maximum atomic E-state index is 14.0. The van der Waals surface area contributed by atoms with E-state index in [0.29, 0.717) is 5.57 Å². The molecule has 0 aromatic heterocycles. The molecular formula is C37H50O18. The summed E-state index contributed by atoms with van der Waals surface area (Å²) in [5.74, 6) is -9.08. The second-order valence-corrected chi connectivity index (χ2v) is 16.2. The molecule has 6 aliphatic rings.